The van der Waals surface area contributed by atoms with Crippen molar-refractivity contribution in [2.45, 2.75) is 25.2 Å². The Labute approximate surface area is 118 Å². The number of hydrogen-bond acceptors (Lipinski definition) is 2. The average Bonchev–Trinajstić information content (AvgIpc) is 3.31. The lowest BCUT2D eigenvalue weighted by molar-refractivity contribution is -0.146. The van der Waals surface area contributed by atoms with E-state index in [1.165, 1.54) is 0 Å². The maximum Gasteiger partial charge on any atom is 0.308 e. The van der Waals surface area contributed by atoms with Crippen LogP contribution >= 0.6 is 0 Å². The van der Waals surface area contributed by atoms with Gasteiger partial charge in [0, 0.05) is 24.9 Å². The minimum atomic E-state index is -0.792. The van der Waals surface area contributed by atoms with E-state index in [0.717, 1.165) is 18.4 Å². The quantitative estimate of drug-likeness (QED) is 0.917. The standard InChI is InChI=1S/C16H19NO3/c18-15(12-6-7-12)17-9-13(8-14(10-17)16(19)20)11-4-2-1-3-5-11/h1-5,12-14H,6-10H2,(H,19,20). The first-order valence-corrected chi connectivity index (χ1v) is 7.21. The lowest BCUT2D eigenvalue weighted by Gasteiger charge is -2.36. The van der Waals surface area contributed by atoms with Gasteiger partial charge in [-0.1, -0.05) is 30.3 Å². The summed E-state index contributed by atoms with van der Waals surface area (Å²) in [6.45, 7) is 1.02. The molecule has 1 aliphatic carbocycles. The Morgan fingerprint density at radius 2 is 1.75 bits per heavy atom. The molecule has 0 bridgehead atoms. The Morgan fingerprint density at radius 1 is 1.05 bits per heavy atom. The molecular formula is C16H19NO3. The Morgan fingerprint density at radius 3 is 2.35 bits per heavy atom. The van der Waals surface area contributed by atoms with Crippen LogP contribution in [0.25, 0.3) is 0 Å². The molecule has 3 rings (SSSR count). The van der Waals surface area contributed by atoms with Crippen LogP contribution in [0.15, 0.2) is 30.3 Å². The molecule has 106 valence electrons. The van der Waals surface area contributed by atoms with Crippen molar-refractivity contribution in [3.63, 3.8) is 0 Å². The zero-order valence-electron chi connectivity index (χ0n) is 11.4. The molecule has 2 aliphatic rings. The van der Waals surface area contributed by atoms with E-state index in [9.17, 15) is 14.7 Å². The molecule has 1 amide bonds. The van der Waals surface area contributed by atoms with Crippen LogP contribution in [0.5, 0.6) is 0 Å². The largest absolute Gasteiger partial charge is 0.481 e. The van der Waals surface area contributed by atoms with E-state index >= 15 is 0 Å². The minimum Gasteiger partial charge on any atom is -0.481 e. The number of benzene rings is 1. The third kappa shape index (κ3) is 2.69. The van der Waals surface area contributed by atoms with Gasteiger partial charge in [-0.3, -0.25) is 9.59 Å². The van der Waals surface area contributed by atoms with Crippen molar-refractivity contribution in [3.8, 4) is 0 Å². The fourth-order valence-electron chi connectivity index (χ4n) is 3.01. The summed E-state index contributed by atoms with van der Waals surface area (Å²) in [6, 6.07) is 9.93. The van der Waals surface area contributed by atoms with E-state index < -0.39 is 11.9 Å². The molecule has 2 atom stereocenters. The molecule has 1 aromatic carbocycles. The van der Waals surface area contributed by atoms with Gasteiger partial charge in [-0.25, -0.2) is 0 Å². The second kappa shape index (κ2) is 5.27. The number of nitrogens with zero attached hydrogens (tertiary/aromatic N) is 1. The van der Waals surface area contributed by atoms with Crippen LogP contribution in [0, 0.1) is 11.8 Å². The van der Waals surface area contributed by atoms with Crippen molar-refractivity contribution < 1.29 is 14.7 Å². The van der Waals surface area contributed by atoms with Crippen molar-refractivity contribution in [2.75, 3.05) is 13.1 Å². The molecule has 1 heterocycles. The number of carboxylic acid groups (broad SMARTS) is 1. The number of piperidine rings is 1. The molecule has 1 aromatic rings. The number of hydrogen-bond donors (Lipinski definition) is 1. The smallest absolute Gasteiger partial charge is 0.308 e. The maximum absolute atomic E-state index is 12.2. The van der Waals surface area contributed by atoms with E-state index in [2.05, 4.69) is 0 Å². The fraction of sp³-hybridized carbons (Fsp3) is 0.500. The predicted molar refractivity (Wildman–Crippen MR) is 74.2 cm³/mol. The Bertz CT molecular complexity index is 510. The Hall–Kier alpha value is -1.84. The second-order valence-electron chi connectivity index (χ2n) is 5.90. The van der Waals surface area contributed by atoms with Crippen LogP contribution in [-0.4, -0.2) is 35.0 Å². The molecule has 1 N–H and O–H groups in total. The topological polar surface area (TPSA) is 57.6 Å². The molecule has 2 unspecified atom stereocenters. The fourth-order valence-corrected chi connectivity index (χ4v) is 3.01. The SMILES string of the molecule is O=C(O)C1CC(c2ccccc2)CN(C(=O)C2CC2)C1. The predicted octanol–water partition coefficient (Wildman–Crippen LogP) is 2.11. The summed E-state index contributed by atoms with van der Waals surface area (Å²) >= 11 is 0. The van der Waals surface area contributed by atoms with E-state index in [1.54, 1.807) is 4.90 Å². The first-order valence-electron chi connectivity index (χ1n) is 7.21. The van der Waals surface area contributed by atoms with Crippen LogP contribution in [-0.2, 0) is 9.59 Å². The Kier molecular flexibility index (Phi) is 3.47. The number of amides is 1. The van der Waals surface area contributed by atoms with Crippen LogP contribution in [0.2, 0.25) is 0 Å². The molecule has 20 heavy (non-hydrogen) atoms. The van der Waals surface area contributed by atoms with E-state index in [0.29, 0.717) is 19.5 Å². The third-order valence-corrected chi connectivity index (χ3v) is 4.31. The molecule has 1 saturated carbocycles. The average molecular weight is 273 g/mol. The highest BCUT2D eigenvalue weighted by Gasteiger charge is 2.39. The van der Waals surface area contributed by atoms with Gasteiger partial charge in [0.05, 0.1) is 5.92 Å². The molecule has 0 aromatic heterocycles. The summed E-state index contributed by atoms with van der Waals surface area (Å²) in [5, 5.41) is 9.32. The number of carbonyl (C=O) groups excluding carboxylic acids is 1. The molecule has 4 heteroatoms. The summed E-state index contributed by atoms with van der Waals surface area (Å²) in [6.07, 6.45) is 2.54. The first-order chi connectivity index (χ1) is 9.65. The molecule has 1 aliphatic heterocycles. The first kappa shape index (κ1) is 13.2. The number of carbonyl (C=O) groups is 2. The van der Waals surface area contributed by atoms with Crippen LogP contribution in [0.1, 0.15) is 30.7 Å². The van der Waals surface area contributed by atoms with Crippen LogP contribution < -0.4 is 0 Å². The summed E-state index contributed by atoms with van der Waals surface area (Å²) < 4.78 is 0. The summed E-state index contributed by atoms with van der Waals surface area (Å²) in [4.78, 5) is 25.4. The van der Waals surface area contributed by atoms with Gasteiger partial charge in [-0.05, 0) is 24.8 Å². The van der Waals surface area contributed by atoms with Gasteiger partial charge in [0.25, 0.3) is 0 Å². The van der Waals surface area contributed by atoms with Crippen molar-refractivity contribution in [1.29, 1.82) is 0 Å². The van der Waals surface area contributed by atoms with Crippen molar-refractivity contribution in [3.05, 3.63) is 35.9 Å². The van der Waals surface area contributed by atoms with Crippen LogP contribution in [0.3, 0.4) is 0 Å². The van der Waals surface area contributed by atoms with E-state index in [1.807, 2.05) is 30.3 Å². The highest BCUT2D eigenvalue weighted by Crippen LogP contribution is 2.36. The van der Waals surface area contributed by atoms with Gasteiger partial charge >= 0.3 is 5.97 Å². The molecule has 1 saturated heterocycles. The summed E-state index contributed by atoms with van der Waals surface area (Å²) in [5.41, 5.74) is 1.13. The van der Waals surface area contributed by atoms with Gasteiger partial charge < -0.3 is 10.0 Å². The minimum absolute atomic E-state index is 0.133. The summed E-state index contributed by atoms with van der Waals surface area (Å²) in [7, 11) is 0. The zero-order valence-corrected chi connectivity index (χ0v) is 11.4. The molecular weight excluding hydrogens is 254 g/mol. The number of carboxylic acids is 1. The van der Waals surface area contributed by atoms with Gasteiger partial charge in [0.2, 0.25) is 5.91 Å². The van der Waals surface area contributed by atoms with Gasteiger partial charge in [0.1, 0.15) is 0 Å². The Balaban J connectivity index is 1.79. The normalized spacial score (nSPS) is 26.3. The van der Waals surface area contributed by atoms with Crippen molar-refractivity contribution >= 4 is 11.9 Å². The van der Waals surface area contributed by atoms with E-state index in [-0.39, 0.29) is 17.7 Å². The second-order valence-corrected chi connectivity index (χ2v) is 5.90. The third-order valence-electron chi connectivity index (χ3n) is 4.31. The monoisotopic (exact) mass is 273 g/mol. The summed E-state index contributed by atoms with van der Waals surface area (Å²) in [5.74, 6) is -0.805. The lowest BCUT2D eigenvalue weighted by Crippen LogP contribution is -2.46. The van der Waals surface area contributed by atoms with Crippen molar-refractivity contribution in [2.24, 2.45) is 11.8 Å². The highest BCUT2D eigenvalue weighted by atomic mass is 16.4. The van der Waals surface area contributed by atoms with Crippen molar-refractivity contribution in [1.82, 2.24) is 4.90 Å². The zero-order chi connectivity index (χ0) is 14.1. The maximum atomic E-state index is 12.2. The van der Waals surface area contributed by atoms with Gasteiger partial charge in [-0.15, -0.1) is 0 Å². The number of aliphatic carboxylic acids is 1. The highest BCUT2D eigenvalue weighted by molar-refractivity contribution is 5.82. The molecule has 0 radical (unpaired) electrons. The number of rotatable bonds is 3. The van der Waals surface area contributed by atoms with Gasteiger partial charge in [0.15, 0.2) is 0 Å². The number of likely N-dealkylation sites (tertiary alicyclic amines) is 1. The molecule has 4 nitrogen and oxygen atoms in total. The van der Waals surface area contributed by atoms with Gasteiger partial charge in [-0.2, -0.15) is 0 Å². The molecule has 0 spiro atoms. The van der Waals surface area contributed by atoms with E-state index in [4.69, 9.17) is 0 Å². The lowest BCUT2D eigenvalue weighted by atomic mass is 9.84. The van der Waals surface area contributed by atoms with Crippen LogP contribution in [0.4, 0.5) is 0 Å². The molecule has 2 fully saturated rings.